The van der Waals surface area contributed by atoms with Crippen LogP contribution >= 0.6 is 23.4 Å². The highest BCUT2D eigenvalue weighted by Gasteiger charge is 2.29. The quantitative estimate of drug-likeness (QED) is 0.837. The Kier molecular flexibility index (Phi) is 5.84. The molecule has 1 aliphatic rings. The topological polar surface area (TPSA) is 88.6 Å². The molecule has 1 aromatic heterocycles. The summed E-state index contributed by atoms with van der Waals surface area (Å²) in [5.74, 6) is -0.205. The molecule has 1 fully saturated rings. The van der Waals surface area contributed by atoms with Gasteiger partial charge in [0, 0.05) is 19.3 Å². The zero-order valence-corrected chi connectivity index (χ0v) is 14.2. The Morgan fingerprint density at radius 2 is 2.26 bits per heavy atom. The third kappa shape index (κ3) is 4.59. The van der Waals surface area contributed by atoms with E-state index in [2.05, 4.69) is 10.3 Å². The van der Waals surface area contributed by atoms with Crippen molar-refractivity contribution in [2.24, 2.45) is 0 Å². The Morgan fingerprint density at radius 1 is 1.52 bits per heavy atom. The van der Waals surface area contributed by atoms with Gasteiger partial charge in [-0.05, 0) is 19.9 Å². The lowest BCUT2D eigenvalue weighted by atomic mass is 10.2. The molecule has 0 aromatic carbocycles. The summed E-state index contributed by atoms with van der Waals surface area (Å²) in [7, 11) is 0. The number of halogens is 1. The van der Waals surface area contributed by atoms with Crippen molar-refractivity contribution < 1.29 is 19.1 Å². The predicted molar refractivity (Wildman–Crippen MR) is 86.9 cm³/mol. The molecule has 0 unspecified atom stereocenters. The molecule has 2 rings (SSSR count). The second-order valence-corrected chi connectivity index (χ2v) is 6.37. The minimum absolute atomic E-state index is 0.0759. The number of nitrogens with zero attached hydrogens (tertiary/aromatic N) is 2. The van der Waals surface area contributed by atoms with Crippen LogP contribution in [0, 0.1) is 0 Å². The van der Waals surface area contributed by atoms with Crippen LogP contribution in [-0.2, 0) is 4.79 Å². The summed E-state index contributed by atoms with van der Waals surface area (Å²) in [5.41, 5.74) is 0.277. The van der Waals surface area contributed by atoms with Gasteiger partial charge >= 0.3 is 0 Å². The van der Waals surface area contributed by atoms with Gasteiger partial charge in [-0.1, -0.05) is 23.4 Å². The summed E-state index contributed by atoms with van der Waals surface area (Å²) in [6.45, 7) is 4.00. The molecule has 1 aliphatic heterocycles. The van der Waals surface area contributed by atoms with E-state index < -0.39 is 0 Å². The molecular formula is C14H16ClN3O4S. The molecule has 0 atom stereocenters. The van der Waals surface area contributed by atoms with Gasteiger partial charge in [0.05, 0.1) is 17.4 Å². The largest absolute Gasteiger partial charge is 0.474 e. The SMILES string of the molecule is CC(C)Oc1ncc(C(=O)NCCN2C(=O)CSC2=O)cc1Cl. The number of rotatable bonds is 6. The Balaban J connectivity index is 1.89. The molecule has 3 amide bonds. The highest BCUT2D eigenvalue weighted by molar-refractivity contribution is 8.14. The van der Waals surface area contributed by atoms with Gasteiger partial charge in [-0.15, -0.1) is 0 Å². The van der Waals surface area contributed by atoms with Crippen LogP contribution in [-0.4, -0.2) is 51.9 Å². The number of pyridine rings is 1. The summed E-state index contributed by atoms with van der Waals surface area (Å²) < 4.78 is 5.39. The average molecular weight is 358 g/mol. The number of carbonyl (C=O) groups is 3. The van der Waals surface area contributed by atoms with Crippen LogP contribution in [0.15, 0.2) is 12.3 Å². The number of carbonyl (C=O) groups excluding carboxylic acids is 3. The van der Waals surface area contributed by atoms with Gasteiger partial charge in [-0.3, -0.25) is 19.3 Å². The first kappa shape index (κ1) is 17.6. The second kappa shape index (κ2) is 7.65. The molecule has 0 spiro atoms. The number of ether oxygens (including phenoxy) is 1. The molecule has 0 bridgehead atoms. The first-order chi connectivity index (χ1) is 10.9. The van der Waals surface area contributed by atoms with E-state index in [1.165, 1.54) is 12.3 Å². The molecule has 7 nitrogen and oxygen atoms in total. The van der Waals surface area contributed by atoms with Gasteiger partial charge in [0.1, 0.15) is 5.02 Å². The number of nitrogens with one attached hydrogen (secondary N) is 1. The van der Waals surface area contributed by atoms with E-state index in [0.29, 0.717) is 0 Å². The van der Waals surface area contributed by atoms with Crippen molar-refractivity contribution in [1.82, 2.24) is 15.2 Å². The average Bonchev–Trinajstić information content (AvgIpc) is 2.80. The molecular weight excluding hydrogens is 342 g/mol. The number of aromatic nitrogens is 1. The standard InChI is InChI=1S/C14H16ClN3O4S/c1-8(2)22-13-10(15)5-9(6-17-13)12(20)16-3-4-18-11(19)7-23-14(18)21/h5-6,8H,3-4,7H2,1-2H3,(H,16,20). The van der Waals surface area contributed by atoms with Crippen LogP contribution < -0.4 is 10.1 Å². The Labute approximate surface area is 142 Å². The molecule has 1 saturated heterocycles. The van der Waals surface area contributed by atoms with Gasteiger partial charge in [-0.25, -0.2) is 4.98 Å². The van der Waals surface area contributed by atoms with E-state index >= 15 is 0 Å². The van der Waals surface area contributed by atoms with Crippen LogP contribution in [0.3, 0.4) is 0 Å². The number of thioether (sulfide) groups is 1. The number of imide groups is 1. The third-order valence-electron chi connectivity index (χ3n) is 2.88. The fourth-order valence-corrected chi connectivity index (χ4v) is 2.80. The molecule has 124 valence electrons. The van der Waals surface area contributed by atoms with Gasteiger partial charge in [0.25, 0.3) is 11.1 Å². The van der Waals surface area contributed by atoms with Gasteiger partial charge < -0.3 is 10.1 Å². The third-order valence-corrected chi connectivity index (χ3v) is 4.01. The highest BCUT2D eigenvalue weighted by Crippen LogP contribution is 2.23. The fourth-order valence-electron chi connectivity index (χ4n) is 1.84. The molecule has 0 aliphatic carbocycles. The number of hydrogen-bond donors (Lipinski definition) is 1. The van der Waals surface area contributed by atoms with Crippen LogP contribution in [0.1, 0.15) is 24.2 Å². The van der Waals surface area contributed by atoms with Crippen LogP contribution in [0.2, 0.25) is 5.02 Å². The smallest absolute Gasteiger partial charge is 0.288 e. The normalized spacial score (nSPS) is 14.5. The molecule has 0 saturated carbocycles. The molecule has 9 heteroatoms. The molecule has 0 radical (unpaired) electrons. The summed E-state index contributed by atoms with van der Waals surface area (Å²) >= 11 is 6.99. The van der Waals surface area contributed by atoms with Gasteiger partial charge in [-0.2, -0.15) is 0 Å². The van der Waals surface area contributed by atoms with E-state index in [0.717, 1.165) is 16.7 Å². The van der Waals surface area contributed by atoms with Crippen LogP contribution in [0.25, 0.3) is 0 Å². The minimum atomic E-state index is -0.387. The maximum Gasteiger partial charge on any atom is 0.288 e. The zero-order chi connectivity index (χ0) is 17.0. The van der Waals surface area contributed by atoms with E-state index in [4.69, 9.17) is 16.3 Å². The van der Waals surface area contributed by atoms with Crippen LogP contribution in [0.4, 0.5) is 4.79 Å². The Hall–Kier alpha value is -1.80. The van der Waals surface area contributed by atoms with Crippen molar-refractivity contribution in [2.75, 3.05) is 18.8 Å². The first-order valence-corrected chi connectivity index (χ1v) is 8.32. The van der Waals surface area contributed by atoms with Crippen molar-refractivity contribution in [3.63, 3.8) is 0 Å². The zero-order valence-electron chi connectivity index (χ0n) is 12.7. The molecule has 1 aromatic rings. The van der Waals surface area contributed by atoms with Crippen molar-refractivity contribution in [2.45, 2.75) is 20.0 Å². The van der Waals surface area contributed by atoms with Crippen molar-refractivity contribution in [3.8, 4) is 5.88 Å². The van der Waals surface area contributed by atoms with Crippen molar-refractivity contribution in [3.05, 3.63) is 22.8 Å². The lowest BCUT2D eigenvalue weighted by Gasteiger charge is -2.13. The number of hydrogen-bond acceptors (Lipinski definition) is 6. The monoisotopic (exact) mass is 357 g/mol. The summed E-state index contributed by atoms with van der Waals surface area (Å²) in [6, 6.07) is 1.46. The van der Waals surface area contributed by atoms with E-state index in [9.17, 15) is 14.4 Å². The maximum atomic E-state index is 12.0. The summed E-state index contributed by atoms with van der Waals surface area (Å²) in [4.78, 5) is 40.0. The highest BCUT2D eigenvalue weighted by atomic mass is 35.5. The minimum Gasteiger partial charge on any atom is -0.474 e. The fraction of sp³-hybridized carbons (Fsp3) is 0.429. The van der Waals surface area contributed by atoms with Crippen molar-refractivity contribution in [1.29, 1.82) is 0 Å². The Morgan fingerprint density at radius 3 is 2.83 bits per heavy atom. The molecule has 1 N–H and O–H groups in total. The second-order valence-electron chi connectivity index (χ2n) is 5.03. The molecule has 2 heterocycles. The van der Waals surface area contributed by atoms with E-state index in [1.54, 1.807) is 0 Å². The number of amides is 3. The Bertz CT molecular complexity index is 622. The van der Waals surface area contributed by atoms with Crippen LogP contribution in [0.5, 0.6) is 5.88 Å². The summed E-state index contributed by atoms with van der Waals surface area (Å²) in [6.07, 6.45) is 1.29. The molecule has 23 heavy (non-hydrogen) atoms. The maximum absolute atomic E-state index is 12.0. The lowest BCUT2D eigenvalue weighted by Crippen LogP contribution is -2.37. The first-order valence-electron chi connectivity index (χ1n) is 6.96. The van der Waals surface area contributed by atoms with E-state index in [1.807, 2.05) is 13.8 Å². The lowest BCUT2D eigenvalue weighted by molar-refractivity contribution is -0.124. The van der Waals surface area contributed by atoms with Gasteiger partial charge in [0.15, 0.2) is 0 Å². The van der Waals surface area contributed by atoms with Gasteiger partial charge in [0.2, 0.25) is 11.8 Å². The summed E-state index contributed by atoms with van der Waals surface area (Å²) in [5, 5.41) is 2.58. The van der Waals surface area contributed by atoms with E-state index in [-0.39, 0.29) is 58.5 Å². The predicted octanol–water partition coefficient (Wildman–Crippen LogP) is 1.95. The van der Waals surface area contributed by atoms with Crippen molar-refractivity contribution >= 4 is 40.4 Å².